The van der Waals surface area contributed by atoms with Crippen LogP contribution in [0, 0.1) is 5.82 Å². The quantitative estimate of drug-likeness (QED) is 0.831. The Labute approximate surface area is 149 Å². The number of urea groups is 1. The lowest BCUT2D eigenvalue weighted by Crippen LogP contribution is -2.54. The van der Waals surface area contributed by atoms with Crippen molar-refractivity contribution in [3.8, 4) is 11.5 Å². The fraction of sp³-hybridized carbons (Fsp3) is 0.263. The number of carbonyl (C=O) groups excluding carboxylic acids is 2. The molecule has 2 aliphatic heterocycles. The Morgan fingerprint density at radius 3 is 2.04 bits per heavy atom. The van der Waals surface area contributed by atoms with E-state index < -0.39 is 11.6 Å². The molecule has 7 heteroatoms. The van der Waals surface area contributed by atoms with E-state index in [0.717, 1.165) is 5.69 Å². The van der Waals surface area contributed by atoms with Crippen molar-refractivity contribution in [1.29, 1.82) is 0 Å². The largest absolute Gasteiger partial charge is 0.457 e. The SMILES string of the molecule is O=C1NC(=O)C2(CCN(c3ccc(Oc4ccc(F)cc4)cc3)CC2)N1. The third kappa shape index (κ3) is 3.08. The molecule has 2 aromatic carbocycles. The van der Waals surface area contributed by atoms with E-state index in [0.29, 0.717) is 37.4 Å². The minimum Gasteiger partial charge on any atom is -0.457 e. The van der Waals surface area contributed by atoms with Gasteiger partial charge >= 0.3 is 6.03 Å². The van der Waals surface area contributed by atoms with Gasteiger partial charge in [0, 0.05) is 18.8 Å². The molecule has 0 unspecified atom stereocenters. The summed E-state index contributed by atoms with van der Waals surface area (Å²) in [5, 5.41) is 5.08. The number of nitrogens with one attached hydrogen (secondary N) is 2. The summed E-state index contributed by atoms with van der Waals surface area (Å²) in [6, 6.07) is 13.1. The highest BCUT2D eigenvalue weighted by atomic mass is 19.1. The van der Waals surface area contributed by atoms with Crippen LogP contribution >= 0.6 is 0 Å². The van der Waals surface area contributed by atoms with E-state index >= 15 is 0 Å². The summed E-state index contributed by atoms with van der Waals surface area (Å²) in [7, 11) is 0. The summed E-state index contributed by atoms with van der Waals surface area (Å²) in [6.45, 7) is 1.34. The molecule has 0 atom stereocenters. The van der Waals surface area contributed by atoms with Crippen molar-refractivity contribution in [2.45, 2.75) is 18.4 Å². The second-order valence-corrected chi connectivity index (χ2v) is 6.53. The van der Waals surface area contributed by atoms with Crippen molar-refractivity contribution < 1.29 is 18.7 Å². The summed E-state index contributed by atoms with van der Waals surface area (Å²) in [6.07, 6.45) is 1.14. The van der Waals surface area contributed by atoms with Crippen LogP contribution in [0.4, 0.5) is 14.9 Å². The van der Waals surface area contributed by atoms with Crippen molar-refractivity contribution in [2.24, 2.45) is 0 Å². The molecule has 2 N–H and O–H groups in total. The lowest BCUT2D eigenvalue weighted by atomic mass is 9.87. The van der Waals surface area contributed by atoms with Gasteiger partial charge in [-0.05, 0) is 61.4 Å². The monoisotopic (exact) mass is 355 g/mol. The molecule has 26 heavy (non-hydrogen) atoms. The lowest BCUT2D eigenvalue weighted by Gasteiger charge is -2.38. The predicted molar refractivity (Wildman–Crippen MR) is 93.8 cm³/mol. The van der Waals surface area contributed by atoms with E-state index in [1.54, 1.807) is 12.1 Å². The van der Waals surface area contributed by atoms with Crippen LogP contribution in [0.5, 0.6) is 11.5 Å². The molecular formula is C19H18FN3O3. The van der Waals surface area contributed by atoms with Gasteiger partial charge in [0.2, 0.25) is 0 Å². The molecule has 0 aromatic heterocycles. The number of rotatable bonds is 3. The number of amides is 3. The number of imide groups is 1. The Bertz CT molecular complexity index is 828. The van der Waals surface area contributed by atoms with Crippen LogP contribution in [0.25, 0.3) is 0 Å². The van der Waals surface area contributed by atoms with E-state index in [1.165, 1.54) is 12.1 Å². The van der Waals surface area contributed by atoms with Crippen molar-refractivity contribution >= 4 is 17.6 Å². The average Bonchev–Trinajstić information content (AvgIpc) is 2.91. The number of ether oxygens (including phenoxy) is 1. The first-order valence-corrected chi connectivity index (χ1v) is 8.46. The standard InChI is InChI=1S/C19H18FN3O3/c20-13-1-5-15(6-2-13)26-16-7-3-14(4-8-16)23-11-9-19(10-12-23)17(24)21-18(25)22-19/h1-8H,9-12H2,(H2,21,22,24,25). The van der Waals surface area contributed by atoms with Crippen molar-refractivity contribution in [1.82, 2.24) is 10.6 Å². The molecule has 0 aliphatic carbocycles. The van der Waals surface area contributed by atoms with Gasteiger partial charge in [-0.1, -0.05) is 0 Å². The molecule has 3 amide bonds. The van der Waals surface area contributed by atoms with Crippen LogP contribution in [0.2, 0.25) is 0 Å². The highest BCUT2D eigenvalue weighted by Gasteiger charge is 2.47. The number of piperidine rings is 1. The molecule has 2 heterocycles. The van der Waals surface area contributed by atoms with Gasteiger partial charge in [-0.15, -0.1) is 0 Å². The molecular weight excluding hydrogens is 337 g/mol. The third-order valence-electron chi connectivity index (χ3n) is 4.88. The second kappa shape index (κ2) is 6.33. The van der Waals surface area contributed by atoms with Crippen molar-refractivity contribution in [3.63, 3.8) is 0 Å². The van der Waals surface area contributed by atoms with Gasteiger partial charge in [-0.25, -0.2) is 9.18 Å². The van der Waals surface area contributed by atoms with Gasteiger partial charge < -0.3 is 15.0 Å². The number of carbonyl (C=O) groups is 2. The van der Waals surface area contributed by atoms with Crippen molar-refractivity contribution in [3.05, 3.63) is 54.3 Å². The smallest absolute Gasteiger partial charge is 0.322 e. The number of nitrogens with zero attached hydrogens (tertiary/aromatic N) is 1. The Morgan fingerprint density at radius 2 is 1.50 bits per heavy atom. The number of hydrogen-bond acceptors (Lipinski definition) is 4. The van der Waals surface area contributed by atoms with Gasteiger partial charge in [0.15, 0.2) is 0 Å². The maximum atomic E-state index is 12.9. The van der Waals surface area contributed by atoms with Gasteiger partial charge in [-0.2, -0.15) is 0 Å². The summed E-state index contributed by atoms with van der Waals surface area (Å²) in [4.78, 5) is 25.6. The number of anilines is 1. The zero-order valence-electron chi connectivity index (χ0n) is 14.0. The Balaban J connectivity index is 1.39. The summed E-state index contributed by atoms with van der Waals surface area (Å²) in [5.41, 5.74) is 0.259. The maximum absolute atomic E-state index is 12.9. The van der Waals surface area contributed by atoms with E-state index in [2.05, 4.69) is 15.5 Å². The minimum atomic E-state index is -0.765. The van der Waals surface area contributed by atoms with Crippen LogP contribution in [0.1, 0.15) is 12.8 Å². The molecule has 4 rings (SSSR count). The van der Waals surface area contributed by atoms with E-state index in [4.69, 9.17) is 4.74 Å². The molecule has 6 nitrogen and oxygen atoms in total. The van der Waals surface area contributed by atoms with Crippen molar-refractivity contribution in [2.75, 3.05) is 18.0 Å². The van der Waals surface area contributed by atoms with Gasteiger partial charge in [-0.3, -0.25) is 10.1 Å². The molecule has 0 saturated carbocycles. The van der Waals surface area contributed by atoms with E-state index in [9.17, 15) is 14.0 Å². The van der Waals surface area contributed by atoms with Crippen LogP contribution < -0.4 is 20.3 Å². The summed E-state index contributed by atoms with van der Waals surface area (Å²) >= 11 is 0. The minimum absolute atomic E-state index is 0.231. The summed E-state index contributed by atoms with van der Waals surface area (Å²) < 4.78 is 18.6. The first-order valence-electron chi connectivity index (χ1n) is 8.46. The van der Waals surface area contributed by atoms with E-state index in [1.807, 2.05) is 24.3 Å². The van der Waals surface area contributed by atoms with Crippen LogP contribution in [-0.2, 0) is 4.79 Å². The fourth-order valence-corrected chi connectivity index (χ4v) is 3.39. The Kier molecular flexibility index (Phi) is 3.99. The topological polar surface area (TPSA) is 70.7 Å². The number of halogens is 1. The molecule has 2 aliphatic rings. The zero-order valence-corrected chi connectivity index (χ0v) is 14.0. The molecule has 0 radical (unpaired) electrons. The van der Waals surface area contributed by atoms with E-state index in [-0.39, 0.29) is 11.7 Å². The van der Waals surface area contributed by atoms with Gasteiger partial charge in [0.1, 0.15) is 22.9 Å². The Morgan fingerprint density at radius 1 is 0.923 bits per heavy atom. The average molecular weight is 355 g/mol. The van der Waals surface area contributed by atoms with Crippen LogP contribution in [0.3, 0.4) is 0 Å². The van der Waals surface area contributed by atoms with Crippen LogP contribution in [-0.4, -0.2) is 30.6 Å². The highest BCUT2D eigenvalue weighted by molar-refractivity contribution is 6.07. The van der Waals surface area contributed by atoms with Crippen LogP contribution in [0.15, 0.2) is 48.5 Å². The van der Waals surface area contributed by atoms with Gasteiger partial charge in [0.25, 0.3) is 5.91 Å². The lowest BCUT2D eigenvalue weighted by molar-refractivity contribution is -0.124. The van der Waals surface area contributed by atoms with Gasteiger partial charge in [0.05, 0.1) is 0 Å². The molecule has 2 fully saturated rings. The normalized spacial score (nSPS) is 18.6. The Hall–Kier alpha value is -3.09. The first kappa shape index (κ1) is 16.4. The predicted octanol–water partition coefficient (Wildman–Crippen LogP) is 2.80. The second-order valence-electron chi connectivity index (χ2n) is 6.53. The maximum Gasteiger partial charge on any atom is 0.322 e. The fourth-order valence-electron chi connectivity index (χ4n) is 3.39. The highest BCUT2D eigenvalue weighted by Crippen LogP contribution is 2.30. The molecule has 1 spiro atoms. The molecule has 2 aromatic rings. The summed E-state index contributed by atoms with van der Waals surface area (Å²) in [5.74, 6) is 0.700. The zero-order chi connectivity index (χ0) is 18.1. The molecule has 134 valence electrons. The molecule has 2 saturated heterocycles. The number of benzene rings is 2. The third-order valence-corrected chi connectivity index (χ3v) is 4.88. The first-order chi connectivity index (χ1) is 12.5. The molecule has 0 bridgehead atoms. The number of hydrogen-bond donors (Lipinski definition) is 2.